The highest BCUT2D eigenvalue weighted by Gasteiger charge is 2.33. The average molecular weight is 519 g/mol. The molecule has 0 atom stereocenters. The zero-order valence-corrected chi connectivity index (χ0v) is 20.0. The van der Waals surface area contributed by atoms with E-state index in [2.05, 4.69) is 15.0 Å². The lowest BCUT2D eigenvalue weighted by atomic mass is 10.1. The van der Waals surface area contributed by atoms with Crippen LogP contribution in [0.1, 0.15) is 28.8 Å². The number of ether oxygens (including phenoxy) is 1. The second-order valence-electron chi connectivity index (χ2n) is 8.20. The average Bonchev–Trinajstić information content (AvgIpc) is 2.78. The van der Waals surface area contributed by atoms with Crippen molar-refractivity contribution >= 4 is 27.4 Å². The first kappa shape index (κ1) is 26.7. The molecule has 2 heterocycles. The summed E-state index contributed by atoms with van der Waals surface area (Å²) in [6, 6.07) is 4.90. The number of aryl methyl sites for hydroxylation is 2. The molecule has 0 radical (unpaired) electrons. The summed E-state index contributed by atoms with van der Waals surface area (Å²) in [5.74, 6) is -0.970. The Kier molecular flexibility index (Phi) is 8.21. The predicted molar refractivity (Wildman–Crippen MR) is 122 cm³/mol. The van der Waals surface area contributed by atoms with E-state index in [0.29, 0.717) is 43.0 Å². The molecular formula is C22H26F4N4O4S. The van der Waals surface area contributed by atoms with Crippen LogP contribution < -0.4 is 14.9 Å². The number of halogens is 4. The van der Waals surface area contributed by atoms with E-state index in [4.69, 9.17) is 4.74 Å². The molecule has 1 amide bonds. The molecule has 0 spiro atoms. The van der Waals surface area contributed by atoms with Gasteiger partial charge in [0.2, 0.25) is 15.9 Å². The molecule has 1 aliphatic heterocycles. The van der Waals surface area contributed by atoms with Gasteiger partial charge in [-0.05, 0) is 42.2 Å². The molecule has 0 saturated carbocycles. The van der Waals surface area contributed by atoms with Crippen molar-refractivity contribution in [3.63, 3.8) is 0 Å². The summed E-state index contributed by atoms with van der Waals surface area (Å²) in [6.07, 6.45) is -3.53. The van der Waals surface area contributed by atoms with Gasteiger partial charge in [0, 0.05) is 26.1 Å². The fourth-order valence-corrected chi connectivity index (χ4v) is 4.28. The molecule has 192 valence electrons. The maximum absolute atomic E-state index is 14.3. The highest BCUT2D eigenvalue weighted by molar-refractivity contribution is 7.92. The van der Waals surface area contributed by atoms with Gasteiger partial charge in [-0.3, -0.25) is 9.52 Å². The lowest BCUT2D eigenvalue weighted by Gasteiger charge is -2.30. The molecule has 3 rings (SSSR count). The fourth-order valence-electron chi connectivity index (χ4n) is 3.65. The summed E-state index contributed by atoms with van der Waals surface area (Å²) in [5.41, 5.74) is 0.128. The number of rotatable bonds is 8. The Labute approximate surface area is 200 Å². The molecule has 0 aliphatic carbocycles. The van der Waals surface area contributed by atoms with Crippen LogP contribution >= 0.6 is 0 Å². The number of aromatic nitrogens is 1. The van der Waals surface area contributed by atoms with E-state index in [1.165, 1.54) is 13.0 Å². The van der Waals surface area contributed by atoms with E-state index in [0.717, 1.165) is 18.4 Å². The maximum atomic E-state index is 14.3. The second-order valence-corrected chi connectivity index (χ2v) is 9.95. The third kappa shape index (κ3) is 7.52. The molecule has 13 heteroatoms. The second kappa shape index (κ2) is 10.8. The van der Waals surface area contributed by atoms with Crippen LogP contribution in [0, 0.1) is 12.7 Å². The number of nitrogens with one attached hydrogen (secondary N) is 2. The lowest BCUT2D eigenvalue weighted by Crippen LogP contribution is -2.37. The first-order chi connectivity index (χ1) is 16.3. The van der Waals surface area contributed by atoms with Gasteiger partial charge in [-0.25, -0.2) is 17.8 Å². The zero-order chi connectivity index (χ0) is 25.8. The van der Waals surface area contributed by atoms with Crippen molar-refractivity contribution in [3.8, 4) is 0 Å². The van der Waals surface area contributed by atoms with Crippen LogP contribution in [0.2, 0.25) is 0 Å². The molecule has 35 heavy (non-hydrogen) atoms. The monoisotopic (exact) mass is 518 g/mol. The number of hydrogen-bond acceptors (Lipinski definition) is 6. The highest BCUT2D eigenvalue weighted by atomic mass is 32.2. The first-order valence-corrected chi connectivity index (χ1v) is 12.7. The minimum Gasteiger partial charge on any atom is -0.378 e. The molecule has 0 bridgehead atoms. The SMILES string of the molecule is Cc1cc(CNC(=O)CCc2ccc(C(F)(F)F)nc2N2CCOCC2)cc(F)c1NS(C)(=O)=O. The van der Waals surface area contributed by atoms with Crippen LogP contribution in [0.5, 0.6) is 0 Å². The van der Waals surface area contributed by atoms with Crippen LogP contribution in [-0.4, -0.2) is 51.9 Å². The lowest BCUT2D eigenvalue weighted by molar-refractivity contribution is -0.141. The summed E-state index contributed by atoms with van der Waals surface area (Å²) in [4.78, 5) is 17.9. The smallest absolute Gasteiger partial charge is 0.378 e. The summed E-state index contributed by atoms with van der Waals surface area (Å²) >= 11 is 0. The van der Waals surface area contributed by atoms with E-state index in [9.17, 15) is 30.8 Å². The largest absolute Gasteiger partial charge is 0.433 e. The first-order valence-electron chi connectivity index (χ1n) is 10.8. The van der Waals surface area contributed by atoms with E-state index in [-0.39, 0.29) is 36.8 Å². The van der Waals surface area contributed by atoms with Crippen molar-refractivity contribution in [2.24, 2.45) is 0 Å². The number of pyridine rings is 1. The number of carbonyl (C=O) groups is 1. The zero-order valence-electron chi connectivity index (χ0n) is 19.2. The Bertz CT molecular complexity index is 1160. The number of alkyl halides is 3. The van der Waals surface area contributed by atoms with Gasteiger partial charge in [-0.2, -0.15) is 13.2 Å². The number of carbonyl (C=O) groups excluding carboxylic acids is 1. The van der Waals surface area contributed by atoms with Gasteiger partial charge >= 0.3 is 6.18 Å². The number of nitrogens with zero attached hydrogens (tertiary/aromatic N) is 2. The summed E-state index contributed by atoms with van der Waals surface area (Å²) in [6.45, 7) is 3.05. The minimum atomic E-state index is -4.59. The molecule has 1 saturated heterocycles. The molecule has 1 aromatic heterocycles. The molecule has 1 fully saturated rings. The van der Waals surface area contributed by atoms with Crippen molar-refractivity contribution in [3.05, 3.63) is 52.5 Å². The third-order valence-corrected chi connectivity index (χ3v) is 5.88. The van der Waals surface area contributed by atoms with Gasteiger partial charge in [0.1, 0.15) is 17.3 Å². The highest BCUT2D eigenvalue weighted by Crippen LogP contribution is 2.31. The Morgan fingerprint density at radius 2 is 1.89 bits per heavy atom. The number of hydrogen-bond donors (Lipinski definition) is 2. The van der Waals surface area contributed by atoms with Crippen LogP contribution in [0.25, 0.3) is 0 Å². The summed E-state index contributed by atoms with van der Waals surface area (Å²) in [7, 11) is -3.65. The van der Waals surface area contributed by atoms with E-state index < -0.39 is 27.7 Å². The molecule has 1 aliphatic rings. The van der Waals surface area contributed by atoms with Gasteiger partial charge in [-0.1, -0.05) is 12.1 Å². The molecule has 8 nitrogen and oxygen atoms in total. The van der Waals surface area contributed by atoms with Crippen LogP contribution in [-0.2, 0) is 38.7 Å². The third-order valence-electron chi connectivity index (χ3n) is 5.30. The van der Waals surface area contributed by atoms with Gasteiger partial charge in [0.05, 0.1) is 25.2 Å². The molecule has 2 aromatic rings. The molecule has 2 N–H and O–H groups in total. The van der Waals surface area contributed by atoms with Crippen molar-refractivity contribution in [1.82, 2.24) is 10.3 Å². The van der Waals surface area contributed by atoms with Crippen molar-refractivity contribution in [2.45, 2.75) is 32.5 Å². The van der Waals surface area contributed by atoms with Gasteiger partial charge < -0.3 is 15.0 Å². The van der Waals surface area contributed by atoms with Gasteiger partial charge in [0.15, 0.2) is 0 Å². The number of anilines is 2. The topological polar surface area (TPSA) is 101 Å². The minimum absolute atomic E-state index is 0.00265. The normalized spacial score (nSPS) is 14.6. The van der Waals surface area contributed by atoms with E-state index >= 15 is 0 Å². The molecular weight excluding hydrogens is 492 g/mol. The number of sulfonamides is 1. The van der Waals surface area contributed by atoms with Crippen molar-refractivity contribution in [2.75, 3.05) is 42.2 Å². The van der Waals surface area contributed by atoms with Gasteiger partial charge in [0.25, 0.3) is 0 Å². The summed E-state index contributed by atoms with van der Waals surface area (Å²) < 4.78 is 84.0. The van der Waals surface area contributed by atoms with Crippen LogP contribution in [0.15, 0.2) is 24.3 Å². The number of morpholine rings is 1. The van der Waals surface area contributed by atoms with Gasteiger partial charge in [-0.15, -0.1) is 0 Å². The number of amides is 1. The Hall–Kier alpha value is -2.93. The standard InChI is InChI=1S/C22H26F4N4O4S/c1-14-11-15(12-17(23)20(14)29-35(2,32)33)13-27-19(31)6-4-16-3-5-18(22(24,25)26)28-21(16)30-7-9-34-10-8-30/h3,5,11-12,29H,4,6-10,13H2,1-2H3,(H,27,31). The van der Waals surface area contributed by atoms with Crippen molar-refractivity contribution < 1.29 is 35.5 Å². The Morgan fingerprint density at radius 3 is 2.49 bits per heavy atom. The fraction of sp³-hybridized carbons (Fsp3) is 0.455. The number of benzene rings is 1. The van der Waals surface area contributed by atoms with Crippen LogP contribution in [0.4, 0.5) is 29.1 Å². The molecule has 1 aromatic carbocycles. The van der Waals surface area contributed by atoms with Crippen molar-refractivity contribution in [1.29, 1.82) is 0 Å². The predicted octanol–water partition coefficient (Wildman–Crippen LogP) is 3.01. The Balaban J connectivity index is 1.65. The summed E-state index contributed by atoms with van der Waals surface area (Å²) in [5, 5.41) is 2.65. The van der Waals surface area contributed by atoms with E-state index in [1.807, 2.05) is 0 Å². The quantitative estimate of drug-likeness (QED) is 0.522. The maximum Gasteiger partial charge on any atom is 0.433 e. The molecule has 0 unspecified atom stereocenters. The Morgan fingerprint density at radius 1 is 1.20 bits per heavy atom. The van der Waals surface area contributed by atoms with E-state index in [1.54, 1.807) is 11.0 Å². The van der Waals surface area contributed by atoms with Crippen LogP contribution in [0.3, 0.4) is 0 Å².